The molecule has 0 aliphatic carbocycles. The van der Waals surface area contributed by atoms with Crippen molar-refractivity contribution in [2.24, 2.45) is 5.92 Å². The van der Waals surface area contributed by atoms with Gasteiger partial charge in [0.2, 0.25) is 5.91 Å². The second-order valence-electron chi connectivity index (χ2n) is 10.4. The van der Waals surface area contributed by atoms with Gasteiger partial charge in [-0.25, -0.2) is 4.39 Å². The number of rotatable bonds is 4. The van der Waals surface area contributed by atoms with Crippen LogP contribution in [0.15, 0.2) is 60.9 Å². The fraction of sp³-hybridized carbons (Fsp3) is 0.448. The molecule has 0 spiro atoms. The van der Waals surface area contributed by atoms with Crippen molar-refractivity contribution in [3.63, 3.8) is 0 Å². The quantitative estimate of drug-likeness (QED) is 0.523. The lowest BCUT2D eigenvalue weighted by molar-refractivity contribution is -0.146. The molecule has 34 heavy (non-hydrogen) atoms. The Morgan fingerprint density at radius 1 is 1.03 bits per heavy atom. The normalized spacial score (nSPS) is 26.0. The number of amides is 1. The number of pyridine rings is 1. The van der Waals surface area contributed by atoms with Crippen LogP contribution in [0.5, 0.6) is 0 Å². The van der Waals surface area contributed by atoms with Gasteiger partial charge in [0.25, 0.3) is 0 Å². The monoisotopic (exact) mass is 458 g/mol. The minimum Gasteiger partial charge on any atom is -0.381 e. The lowest BCUT2D eigenvalue weighted by atomic mass is 9.72. The van der Waals surface area contributed by atoms with Gasteiger partial charge in [0.15, 0.2) is 0 Å². The number of nitrogens with zero attached hydrogens (tertiary/aromatic N) is 2. The second kappa shape index (κ2) is 8.77. The minimum atomic E-state index is -0.673. The SMILES string of the molecule is O=C(N1C2CCC1CC(Cc1cncc3ccccc13)C2)C1(c2cccc(F)c2)CCOCC1. The number of piperidine rings is 1. The van der Waals surface area contributed by atoms with E-state index in [9.17, 15) is 9.18 Å². The van der Waals surface area contributed by atoms with Crippen LogP contribution in [0, 0.1) is 11.7 Å². The molecule has 3 aliphatic heterocycles. The van der Waals surface area contributed by atoms with Gasteiger partial charge in [-0.05, 0) is 79.5 Å². The minimum absolute atomic E-state index is 0.194. The Labute approximate surface area is 200 Å². The summed E-state index contributed by atoms with van der Waals surface area (Å²) >= 11 is 0. The van der Waals surface area contributed by atoms with Crippen LogP contribution in [0.3, 0.4) is 0 Å². The molecule has 176 valence electrons. The Bertz CT molecular complexity index is 1190. The third-order valence-electron chi connectivity index (χ3n) is 8.46. The summed E-state index contributed by atoms with van der Waals surface area (Å²) in [5.41, 5.74) is 1.44. The number of carbonyl (C=O) groups is 1. The first-order chi connectivity index (χ1) is 16.6. The van der Waals surface area contributed by atoms with Gasteiger partial charge in [-0.3, -0.25) is 9.78 Å². The summed E-state index contributed by atoms with van der Waals surface area (Å²) in [5.74, 6) is 0.467. The summed E-state index contributed by atoms with van der Waals surface area (Å²) in [5, 5.41) is 2.47. The molecule has 4 nitrogen and oxygen atoms in total. The lowest BCUT2D eigenvalue weighted by Crippen LogP contribution is -2.56. The molecule has 2 aromatic carbocycles. The molecule has 6 rings (SSSR count). The molecule has 1 amide bonds. The maximum atomic E-state index is 14.2. The lowest BCUT2D eigenvalue weighted by Gasteiger charge is -2.46. The summed E-state index contributed by atoms with van der Waals surface area (Å²) in [6.07, 6.45) is 10.4. The average molecular weight is 459 g/mol. The van der Waals surface area contributed by atoms with E-state index in [4.69, 9.17) is 4.74 Å². The van der Waals surface area contributed by atoms with Gasteiger partial charge in [0.1, 0.15) is 5.82 Å². The first kappa shape index (κ1) is 21.7. The first-order valence-electron chi connectivity index (χ1n) is 12.6. The van der Waals surface area contributed by atoms with Crippen molar-refractivity contribution < 1.29 is 13.9 Å². The Morgan fingerprint density at radius 3 is 2.56 bits per heavy atom. The zero-order valence-corrected chi connectivity index (χ0v) is 19.5. The molecule has 3 aliphatic rings. The van der Waals surface area contributed by atoms with E-state index in [1.807, 2.05) is 18.5 Å². The maximum absolute atomic E-state index is 14.2. The summed E-state index contributed by atoms with van der Waals surface area (Å²) in [7, 11) is 0. The molecule has 2 atom stereocenters. The summed E-state index contributed by atoms with van der Waals surface area (Å²) in [6.45, 7) is 1.09. The van der Waals surface area contributed by atoms with E-state index < -0.39 is 5.41 Å². The second-order valence-corrected chi connectivity index (χ2v) is 10.4. The predicted molar refractivity (Wildman–Crippen MR) is 130 cm³/mol. The number of ether oxygens (including phenoxy) is 1. The number of aromatic nitrogens is 1. The summed E-state index contributed by atoms with van der Waals surface area (Å²) < 4.78 is 19.8. The third kappa shape index (κ3) is 3.70. The molecule has 1 aromatic heterocycles. The van der Waals surface area contributed by atoms with E-state index in [1.165, 1.54) is 22.4 Å². The van der Waals surface area contributed by atoms with E-state index >= 15 is 0 Å². The molecular weight excluding hydrogens is 427 g/mol. The largest absolute Gasteiger partial charge is 0.381 e. The fourth-order valence-corrected chi connectivity index (χ4v) is 6.82. The highest BCUT2D eigenvalue weighted by molar-refractivity contribution is 5.89. The molecule has 2 unspecified atom stereocenters. The van der Waals surface area contributed by atoms with Gasteiger partial charge in [-0.1, -0.05) is 36.4 Å². The van der Waals surface area contributed by atoms with Gasteiger partial charge in [-0.2, -0.15) is 0 Å². The van der Waals surface area contributed by atoms with Crippen LogP contribution in [-0.4, -0.2) is 41.1 Å². The highest BCUT2D eigenvalue weighted by Crippen LogP contribution is 2.45. The van der Waals surface area contributed by atoms with Gasteiger partial charge in [0, 0.05) is 43.1 Å². The van der Waals surface area contributed by atoms with Crippen molar-refractivity contribution in [1.29, 1.82) is 0 Å². The number of fused-ring (bicyclic) bond motifs is 3. The zero-order chi connectivity index (χ0) is 23.1. The molecular formula is C29H31FN2O2. The van der Waals surface area contributed by atoms with E-state index in [0.29, 0.717) is 32.0 Å². The smallest absolute Gasteiger partial charge is 0.233 e. The Morgan fingerprint density at radius 2 is 1.79 bits per heavy atom. The highest BCUT2D eigenvalue weighted by Gasteiger charge is 2.51. The molecule has 0 radical (unpaired) electrons. The van der Waals surface area contributed by atoms with E-state index in [1.54, 1.807) is 12.1 Å². The van der Waals surface area contributed by atoms with Crippen molar-refractivity contribution >= 4 is 16.7 Å². The van der Waals surface area contributed by atoms with Crippen molar-refractivity contribution in [2.45, 2.75) is 62.4 Å². The molecule has 3 fully saturated rings. The van der Waals surface area contributed by atoms with Crippen molar-refractivity contribution in [3.8, 4) is 0 Å². The molecule has 3 saturated heterocycles. The van der Waals surface area contributed by atoms with E-state index in [0.717, 1.165) is 37.7 Å². The predicted octanol–water partition coefficient (Wildman–Crippen LogP) is 5.43. The van der Waals surface area contributed by atoms with Gasteiger partial charge >= 0.3 is 0 Å². The van der Waals surface area contributed by atoms with Crippen LogP contribution in [-0.2, 0) is 21.4 Å². The number of halogens is 1. The zero-order valence-electron chi connectivity index (χ0n) is 19.5. The van der Waals surface area contributed by atoms with E-state index in [-0.39, 0.29) is 23.8 Å². The van der Waals surface area contributed by atoms with Crippen molar-refractivity contribution in [3.05, 3.63) is 77.9 Å². The topological polar surface area (TPSA) is 42.4 Å². The number of carbonyl (C=O) groups excluding carboxylic acids is 1. The molecule has 5 heteroatoms. The van der Waals surface area contributed by atoms with Crippen molar-refractivity contribution in [1.82, 2.24) is 9.88 Å². The third-order valence-corrected chi connectivity index (χ3v) is 8.46. The molecule has 4 heterocycles. The fourth-order valence-electron chi connectivity index (χ4n) is 6.82. The number of hydrogen-bond donors (Lipinski definition) is 0. The van der Waals surface area contributed by atoms with Gasteiger partial charge in [-0.15, -0.1) is 0 Å². The molecule has 3 aromatic rings. The Hall–Kier alpha value is -2.79. The Kier molecular flexibility index (Phi) is 5.60. The van der Waals surface area contributed by atoms with Crippen LogP contribution < -0.4 is 0 Å². The average Bonchev–Trinajstić information content (AvgIpc) is 3.14. The summed E-state index contributed by atoms with van der Waals surface area (Å²) in [6, 6.07) is 15.7. The van der Waals surface area contributed by atoms with Crippen LogP contribution >= 0.6 is 0 Å². The Balaban J connectivity index is 1.25. The molecule has 0 N–H and O–H groups in total. The van der Waals surface area contributed by atoms with Crippen LogP contribution in [0.4, 0.5) is 4.39 Å². The van der Waals surface area contributed by atoms with Crippen LogP contribution in [0.2, 0.25) is 0 Å². The van der Waals surface area contributed by atoms with E-state index in [2.05, 4.69) is 34.1 Å². The standard InChI is InChI=1S/C29H31FN2O2/c30-24-6-3-5-23(17-24)29(10-12-34-13-11-29)28(33)32-25-8-9-26(32)16-20(15-25)14-22-19-31-18-21-4-1-2-7-27(21)22/h1-7,17-20,25-26H,8-16H2. The summed E-state index contributed by atoms with van der Waals surface area (Å²) in [4.78, 5) is 20.9. The molecule has 0 saturated carbocycles. The first-order valence-corrected chi connectivity index (χ1v) is 12.6. The molecule has 2 bridgehead atoms. The van der Waals surface area contributed by atoms with Crippen LogP contribution in [0.1, 0.15) is 49.7 Å². The highest BCUT2D eigenvalue weighted by atomic mass is 19.1. The van der Waals surface area contributed by atoms with Crippen molar-refractivity contribution in [2.75, 3.05) is 13.2 Å². The van der Waals surface area contributed by atoms with Gasteiger partial charge in [0.05, 0.1) is 5.41 Å². The van der Waals surface area contributed by atoms with Crippen LogP contribution in [0.25, 0.3) is 10.8 Å². The maximum Gasteiger partial charge on any atom is 0.233 e. The van der Waals surface area contributed by atoms with Gasteiger partial charge < -0.3 is 9.64 Å². The number of benzene rings is 2. The number of hydrogen-bond acceptors (Lipinski definition) is 3.